The molecule has 1 aliphatic rings. The molecule has 1 atom stereocenters. The Hall–Kier alpha value is -0.860. The number of nitrogens with zero attached hydrogens (tertiary/aromatic N) is 1. The molecule has 1 aliphatic carbocycles. The molecule has 1 aromatic rings. The molecule has 2 heteroatoms. The Morgan fingerprint density at radius 3 is 2.68 bits per heavy atom. The number of aliphatic hydroxyl groups excluding tert-OH is 1. The maximum absolute atomic E-state index is 10.3. The average Bonchev–Trinajstić information content (AvgIpc) is 2.39. The van der Waals surface area contributed by atoms with Crippen molar-refractivity contribution >= 4 is 0 Å². The maximum atomic E-state index is 10.3. The highest BCUT2D eigenvalue weighted by atomic mass is 16.3. The summed E-state index contributed by atoms with van der Waals surface area (Å²) in [5.41, 5.74) is 2.64. The van der Waals surface area contributed by atoms with Gasteiger partial charge in [-0.05, 0) is 38.3 Å². The lowest BCUT2D eigenvalue weighted by Crippen LogP contribution is -2.35. The maximum Gasteiger partial charge on any atom is 0.0695 e. The molecule has 2 nitrogen and oxygen atoms in total. The monoisotopic (exact) mass is 261 g/mol. The zero-order valence-electron chi connectivity index (χ0n) is 12.3. The van der Waals surface area contributed by atoms with Crippen molar-refractivity contribution in [2.45, 2.75) is 51.7 Å². The van der Waals surface area contributed by atoms with Gasteiger partial charge in [-0.15, -0.1) is 0 Å². The van der Waals surface area contributed by atoms with E-state index in [1.54, 1.807) is 0 Å². The molecular weight excluding hydrogens is 234 g/mol. The first kappa shape index (κ1) is 14.5. The molecular formula is C17H27NO. The molecule has 0 radical (unpaired) electrons. The minimum atomic E-state index is -0.157. The van der Waals surface area contributed by atoms with Crippen LogP contribution in [0.25, 0.3) is 0 Å². The van der Waals surface area contributed by atoms with Crippen molar-refractivity contribution in [3.63, 3.8) is 0 Å². The fourth-order valence-corrected chi connectivity index (χ4v) is 3.17. The summed E-state index contributed by atoms with van der Waals surface area (Å²) in [7, 11) is 2.11. The molecule has 0 aromatic heterocycles. The van der Waals surface area contributed by atoms with Crippen LogP contribution in [0.3, 0.4) is 0 Å². The normalized spacial score (nSPS) is 18.7. The van der Waals surface area contributed by atoms with Crippen molar-refractivity contribution in [2.24, 2.45) is 5.92 Å². The highest BCUT2D eigenvalue weighted by Gasteiger charge is 2.22. The van der Waals surface area contributed by atoms with Crippen LogP contribution in [0.15, 0.2) is 24.3 Å². The Labute approximate surface area is 117 Å². The van der Waals surface area contributed by atoms with Gasteiger partial charge in [-0.25, -0.2) is 0 Å². The minimum absolute atomic E-state index is 0.157. The van der Waals surface area contributed by atoms with Crippen molar-refractivity contribution in [3.8, 4) is 0 Å². The molecule has 1 aromatic carbocycles. The van der Waals surface area contributed by atoms with E-state index >= 15 is 0 Å². The van der Waals surface area contributed by atoms with Gasteiger partial charge in [0.25, 0.3) is 0 Å². The van der Waals surface area contributed by atoms with Crippen LogP contribution in [0.1, 0.15) is 43.2 Å². The van der Waals surface area contributed by atoms with Gasteiger partial charge in [0.15, 0.2) is 0 Å². The van der Waals surface area contributed by atoms with Crippen LogP contribution in [0.4, 0.5) is 0 Å². The van der Waals surface area contributed by atoms with Crippen molar-refractivity contribution < 1.29 is 5.11 Å². The molecule has 2 rings (SSSR count). The van der Waals surface area contributed by atoms with E-state index in [0.717, 1.165) is 13.1 Å². The summed E-state index contributed by atoms with van der Waals surface area (Å²) in [6, 6.07) is 8.62. The van der Waals surface area contributed by atoms with E-state index in [-0.39, 0.29) is 6.10 Å². The molecule has 19 heavy (non-hydrogen) atoms. The van der Waals surface area contributed by atoms with Crippen LogP contribution < -0.4 is 0 Å². The van der Waals surface area contributed by atoms with E-state index in [9.17, 15) is 5.11 Å². The van der Waals surface area contributed by atoms with Gasteiger partial charge in [0.2, 0.25) is 0 Å². The van der Waals surface area contributed by atoms with Crippen molar-refractivity contribution in [3.05, 3.63) is 35.4 Å². The lowest BCUT2D eigenvalue weighted by atomic mass is 9.85. The molecule has 0 bridgehead atoms. The summed E-state index contributed by atoms with van der Waals surface area (Å²) in [5.74, 6) is 0.522. The Morgan fingerprint density at radius 2 is 2.00 bits per heavy atom. The van der Waals surface area contributed by atoms with Crippen molar-refractivity contribution in [1.29, 1.82) is 0 Å². The fourth-order valence-electron chi connectivity index (χ4n) is 3.17. The molecule has 0 spiro atoms. The summed E-state index contributed by atoms with van der Waals surface area (Å²) < 4.78 is 0. The zero-order valence-corrected chi connectivity index (χ0v) is 12.3. The molecule has 1 N–H and O–H groups in total. The van der Waals surface area contributed by atoms with Crippen LogP contribution in [0.2, 0.25) is 0 Å². The van der Waals surface area contributed by atoms with Gasteiger partial charge in [0, 0.05) is 13.1 Å². The van der Waals surface area contributed by atoms with Crippen molar-refractivity contribution in [2.75, 3.05) is 13.6 Å². The predicted molar refractivity (Wildman–Crippen MR) is 80.1 cm³/mol. The second-order valence-corrected chi connectivity index (χ2v) is 6.15. The van der Waals surface area contributed by atoms with Gasteiger partial charge in [-0.3, -0.25) is 4.90 Å². The van der Waals surface area contributed by atoms with E-state index in [2.05, 4.69) is 43.1 Å². The standard InChI is InChI=1S/C17H27NO/c1-14-7-6-8-15(11-14)12-18(2)13-17(19)16-9-4-3-5-10-16/h6-8,11,16-17,19H,3-5,9-10,12-13H2,1-2H3. The van der Waals surface area contributed by atoms with Gasteiger partial charge in [0.1, 0.15) is 0 Å². The quantitative estimate of drug-likeness (QED) is 0.878. The SMILES string of the molecule is Cc1cccc(CN(C)CC(O)C2CCCCC2)c1. The van der Waals surface area contributed by atoms with E-state index in [1.807, 2.05) is 0 Å². The summed E-state index contributed by atoms with van der Waals surface area (Å²) in [6.07, 6.45) is 6.20. The highest BCUT2D eigenvalue weighted by molar-refractivity contribution is 5.21. The Morgan fingerprint density at radius 1 is 1.26 bits per heavy atom. The minimum Gasteiger partial charge on any atom is -0.392 e. The summed E-state index contributed by atoms with van der Waals surface area (Å²) >= 11 is 0. The second-order valence-electron chi connectivity index (χ2n) is 6.15. The van der Waals surface area contributed by atoms with Crippen LogP contribution in [-0.2, 0) is 6.54 Å². The van der Waals surface area contributed by atoms with Gasteiger partial charge in [-0.1, -0.05) is 49.1 Å². The zero-order chi connectivity index (χ0) is 13.7. The molecule has 0 aliphatic heterocycles. The predicted octanol–water partition coefficient (Wildman–Crippen LogP) is 3.37. The lowest BCUT2D eigenvalue weighted by molar-refractivity contribution is 0.0531. The Balaban J connectivity index is 1.81. The number of hydrogen-bond donors (Lipinski definition) is 1. The van der Waals surface area contributed by atoms with Gasteiger partial charge < -0.3 is 5.11 Å². The summed E-state index contributed by atoms with van der Waals surface area (Å²) in [4.78, 5) is 2.24. The van der Waals surface area contributed by atoms with Crippen LogP contribution >= 0.6 is 0 Å². The van der Waals surface area contributed by atoms with E-state index < -0.39 is 0 Å². The smallest absolute Gasteiger partial charge is 0.0695 e. The third kappa shape index (κ3) is 4.63. The van der Waals surface area contributed by atoms with Crippen LogP contribution in [0.5, 0.6) is 0 Å². The van der Waals surface area contributed by atoms with Crippen LogP contribution in [0, 0.1) is 12.8 Å². The Bertz CT molecular complexity index is 385. The molecule has 1 unspecified atom stereocenters. The fraction of sp³-hybridized carbons (Fsp3) is 0.647. The van der Waals surface area contributed by atoms with E-state index in [1.165, 1.54) is 43.2 Å². The molecule has 1 saturated carbocycles. The largest absolute Gasteiger partial charge is 0.392 e. The second kappa shape index (κ2) is 7.06. The third-order valence-electron chi connectivity index (χ3n) is 4.23. The first-order chi connectivity index (χ1) is 9.15. The van der Waals surface area contributed by atoms with E-state index in [4.69, 9.17) is 0 Å². The number of rotatable bonds is 5. The number of hydrogen-bond acceptors (Lipinski definition) is 2. The number of aliphatic hydroxyl groups is 1. The molecule has 1 fully saturated rings. The summed E-state index contributed by atoms with van der Waals surface area (Å²) in [6.45, 7) is 3.84. The average molecular weight is 261 g/mol. The first-order valence-corrected chi connectivity index (χ1v) is 7.57. The molecule has 0 amide bonds. The van der Waals surface area contributed by atoms with Crippen molar-refractivity contribution in [1.82, 2.24) is 4.90 Å². The van der Waals surface area contributed by atoms with Gasteiger partial charge in [0.05, 0.1) is 6.10 Å². The Kier molecular flexibility index (Phi) is 5.41. The topological polar surface area (TPSA) is 23.5 Å². The number of benzene rings is 1. The van der Waals surface area contributed by atoms with Gasteiger partial charge >= 0.3 is 0 Å². The first-order valence-electron chi connectivity index (χ1n) is 7.57. The van der Waals surface area contributed by atoms with Gasteiger partial charge in [-0.2, -0.15) is 0 Å². The molecule has 0 heterocycles. The number of likely N-dealkylation sites (N-methyl/N-ethyl adjacent to an activating group) is 1. The number of aryl methyl sites for hydroxylation is 1. The molecule has 106 valence electrons. The third-order valence-corrected chi connectivity index (χ3v) is 4.23. The van der Waals surface area contributed by atoms with E-state index in [0.29, 0.717) is 5.92 Å². The summed E-state index contributed by atoms with van der Waals surface area (Å²) in [5, 5.41) is 10.3. The molecule has 0 saturated heterocycles. The lowest BCUT2D eigenvalue weighted by Gasteiger charge is -2.29. The van der Waals surface area contributed by atoms with Crippen LogP contribution in [-0.4, -0.2) is 29.7 Å². The highest BCUT2D eigenvalue weighted by Crippen LogP contribution is 2.26.